The summed E-state index contributed by atoms with van der Waals surface area (Å²) in [5, 5.41) is 8.75. The monoisotopic (exact) mass is 649 g/mol. The van der Waals surface area contributed by atoms with Gasteiger partial charge in [0, 0.05) is 12.8 Å². The van der Waals surface area contributed by atoms with Crippen molar-refractivity contribution in [3.8, 4) is 0 Å². The highest BCUT2D eigenvalue weighted by atomic mass is 16.5. The van der Waals surface area contributed by atoms with Crippen molar-refractivity contribution in [1.29, 1.82) is 0 Å². The van der Waals surface area contributed by atoms with Gasteiger partial charge in [0.2, 0.25) is 0 Å². The van der Waals surface area contributed by atoms with E-state index in [4.69, 9.17) is 9.84 Å². The molecule has 1 N–H and O–H groups in total. The summed E-state index contributed by atoms with van der Waals surface area (Å²) in [6.07, 6.45) is 46.7. The van der Waals surface area contributed by atoms with Crippen LogP contribution in [0.25, 0.3) is 0 Å². The predicted octanol–water partition coefficient (Wildman–Crippen LogP) is 14.2. The summed E-state index contributed by atoms with van der Waals surface area (Å²) >= 11 is 0. The topological polar surface area (TPSA) is 63.6 Å². The molecule has 46 heavy (non-hydrogen) atoms. The fourth-order valence-corrected chi connectivity index (χ4v) is 6.42. The van der Waals surface area contributed by atoms with Gasteiger partial charge in [0.25, 0.3) is 0 Å². The van der Waals surface area contributed by atoms with E-state index in [9.17, 15) is 9.59 Å². The van der Waals surface area contributed by atoms with E-state index in [1.54, 1.807) is 0 Å². The van der Waals surface area contributed by atoms with Crippen LogP contribution in [-0.2, 0) is 14.3 Å². The number of rotatable bonds is 38. The van der Waals surface area contributed by atoms with Crippen LogP contribution in [0.1, 0.15) is 239 Å². The molecule has 0 rings (SSSR count). The van der Waals surface area contributed by atoms with Crippen molar-refractivity contribution >= 4 is 11.9 Å². The molecule has 4 heteroatoms. The third-order valence-electron chi connectivity index (χ3n) is 9.49. The molecule has 0 fully saturated rings. The third-order valence-corrected chi connectivity index (χ3v) is 9.49. The maximum Gasteiger partial charge on any atom is 0.306 e. The Morgan fingerprint density at radius 3 is 1.17 bits per heavy atom. The van der Waals surface area contributed by atoms with Crippen LogP contribution in [0.3, 0.4) is 0 Å². The van der Waals surface area contributed by atoms with Crippen LogP contribution < -0.4 is 0 Å². The molecule has 0 aromatic rings. The highest BCUT2D eigenvalue weighted by Crippen LogP contribution is 2.19. The van der Waals surface area contributed by atoms with Crippen LogP contribution in [0.5, 0.6) is 0 Å². The van der Waals surface area contributed by atoms with Gasteiger partial charge in [-0.15, -0.1) is 0 Å². The largest absolute Gasteiger partial charge is 0.481 e. The van der Waals surface area contributed by atoms with Gasteiger partial charge in [-0.05, 0) is 64.2 Å². The molecule has 1 atom stereocenters. The molecule has 0 saturated heterocycles. The fraction of sp³-hybridized carbons (Fsp3) is 0.905. The highest BCUT2D eigenvalue weighted by molar-refractivity contribution is 5.69. The number of unbranched alkanes of at least 4 members (excludes halogenated alkanes) is 27. The number of ether oxygens (including phenoxy) is 1. The predicted molar refractivity (Wildman–Crippen MR) is 200 cm³/mol. The van der Waals surface area contributed by atoms with E-state index in [0.29, 0.717) is 12.8 Å². The molecule has 0 amide bonds. The van der Waals surface area contributed by atoms with Crippen molar-refractivity contribution in [3.63, 3.8) is 0 Å². The molecule has 0 aromatic heterocycles. The van der Waals surface area contributed by atoms with Crippen LogP contribution >= 0.6 is 0 Å². The first-order valence-electron chi connectivity index (χ1n) is 20.7. The van der Waals surface area contributed by atoms with Crippen molar-refractivity contribution in [2.24, 2.45) is 0 Å². The molecule has 0 heterocycles. The standard InChI is InChI=1S/C42H80O4/c1-3-5-7-9-11-12-13-14-15-16-17-18-19-20-21-22-27-31-35-39-42(45)46-40(36-32-28-24-10-8-6-4-2)37-33-29-25-23-26-30-34-38-41(43)44/h14-15,40H,3-13,16-39H2,1-2H3,(H,43,44)/b15-14-. The minimum atomic E-state index is -0.685. The van der Waals surface area contributed by atoms with Gasteiger partial charge >= 0.3 is 11.9 Å². The average molecular weight is 649 g/mol. The number of esters is 1. The number of hydrogen-bond acceptors (Lipinski definition) is 3. The summed E-state index contributed by atoms with van der Waals surface area (Å²) in [6, 6.07) is 0. The molecule has 4 nitrogen and oxygen atoms in total. The third kappa shape index (κ3) is 37.1. The van der Waals surface area contributed by atoms with E-state index >= 15 is 0 Å². The van der Waals surface area contributed by atoms with Crippen LogP contribution in [0.15, 0.2) is 12.2 Å². The molecule has 0 bridgehead atoms. The quantitative estimate of drug-likeness (QED) is 0.0411. The maximum atomic E-state index is 12.7. The number of allylic oxidation sites excluding steroid dienone is 2. The first-order valence-corrected chi connectivity index (χ1v) is 20.7. The smallest absolute Gasteiger partial charge is 0.306 e. The zero-order valence-electron chi connectivity index (χ0n) is 31.2. The summed E-state index contributed by atoms with van der Waals surface area (Å²) in [5.41, 5.74) is 0. The first kappa shape index (κ1) is 44.7. The summed E-state index contributed by atoms with van der Waals surface area (Å²) in [4.78, 5) is 23.3. The van der Waals surface area contributed by atoms with Gasteiger partial charge in [-0.3, -0.25) is 9.59 Å². The van der Waals surface area contributed by atoms with Crippen LogP contribution in [-0.4, -0.2) is 23.1 Å². The molecule has 0 radical (unpaired) electrons. The number of carboxylic acids is 1. The lowest BCUT2D eigenvalue weighted by molar-refractivity contribution is -0.150. The lowest BCUT2D eigenvalue weighted by Gasteiger charge is -2.18. The molecule has 0 aliphatic rings. The van der Waals surface area contributed by atoms with Gasteiger partial charge in [-0.2, -0.15) is 0 Å². The van der Waals surface area contributed by atoms with Crippen LogP contribution in [0.4, 0.5) is 0 Å². The van der Waals surface area contributed by atoms with Crippen molar-refractivity contribution in [2.45, 2.75) is 245 Å². The molecule has 1 unspecified atom stereocenters. The summed E-state index contributed by atoms with van der Waals surface area (Å²) in [7, 11) is 0. The van der Waals surface area contributed by atoms with Crippen molar-refractivity contribution in [2.75, 3.05) is 0 Å². The van der Waals surface area contributed by atoms with Crippen molar-refractivity contribution in [3.05, 3.63) is 12.2 Å². The maximum absolute atomic E-state index is 12.7. The molecule has 0 spiro atoms. The zero-order valence-corrected chi connectivity index (χ0v) is 31.2. The van der Waals surface area contributed by atoms with Crippen molar-refractivity contribution in [1.82, 2.24) is 0 Å². The normalized spacial score (nSPS) is 12.2. The molecule has 0 aromatic carbocycles. The fourth-order valence-electron chi connectivity index (χ4n) is 6.42. The first-order chi connectivity index (χ1) is 22.6. The lowest BCUT2D eigenvalue weighted by atomic mass is 10.0. The van der Waals surface area contributed by atoms with Crippen LogP contribution in [0, 0.1) is 0 Å². The molecule has 0 aliphatic carbocycles. The minimum absolute atomic E-state index is 0.0207. The number of carbonyl (C=O) groups is 2. The van der Waals surface area contributed by atoms with E-state index < -0.39 is 5.97 Å². The Morgan fingerprint density at radius 2 is 0.783 bits per heavy atom. The molecular formula is C42H80O4. The Hall–Kier alpha value is -1.32. The Kier molecular flexibility index (Phi) is 37.0. The van der Waals surface area contributed by atoms with E-state index in [1.165, 1.54) is 161 Å². The van der Waals surface area contributed by atoms with Gasteiger partial charge in [0.05, 0.1) is 0 Å². The lowest BCUT2D eigenvalue weighted by Crippen LogP contribution is -2.18. The Labute approximate surface area is 287 Å². The molecule has 272 valence electrons. The summed E-state index contributed by atoms with van der Waals surface area (Å²) in [5.74, 6) is -0.664. The highest BCUT2D eigenvalue weighted by Gasteiger charge is 2.14. The van der Waals surface area contributed by atoms with Crippen LogP contribution in [0.2, 0.25) is 0 Å². The minimum Gasteiger partial charge on any atom is -0.481 e. The van der Waals surface area contributed by atoms with Crippen molar-refractivity contribution < 1.29 is 19.4 Å². The van der Waals surface area contributed by atoms with E-state index in [-0.39, 0.29) is 12.1 Å². The number of carboxylic acid groups (broad SMARTS) is 1. The Bertz CT molecular complexity index is 658. The Morgan fingerprint density at radius 1 is 0.457 bits per heavy atom. The number of carbonyl (C=O) groups excluding carboxylic acids is 1. The summed E-state index contributed by atoms with van der Waals surface area (Å²) in [6.45, 7) is 4.54. The van der Waals surface area contributed by atoms with Gasteiger partial charge in [0.1, 0.15) is 6.10 Å². The Balaban J connectivity index is 3.87. The second kappa shape index (κ2) is 38.1. The van der Waals surface area contributed by atoms with Gasteiger partial charge in [-0.1, -0.05) is 174 Å². The van der Waals surface area contributed by atoms with E-state index in [2.05, 4.69) is 26.0 Å². The van der Waals surface area contributed by atoms with Gasteiger partial charge < -0.3 is 9.84 Å². The van der Waals surface area contributed by atoms with E-state index in [0.717, 1.165) is 51.4 Å². The zero-order chi connectivity index (χ0) is 33.6. The summed E-state index contributed by atoms with van der Waals surface area (Å²) < 4.78 is 6.02. The van der Waals surface area contributed by atoms with Gasteiger partial charge in [-0.25, -0.2) is 0 Å². The van der Waals surface area contributed by atoms with E-state index in [1.807, 2.05) is 0 Å². The number of aliphatic carboxylic acids is 1. The molecule has 0 saturated carbocycles. The SMILES string of the molecule is CCCCCCCC/C=C\CCCCCCCCCCCC(=O)OC(CCCCCCCCC)CCCCCCCCCC(=O)O. The van der Waals surface area contributed by atoms with Gasteiger partial charge in [0.15, 0.2) is 0 Å². The molecule has 0 aliphatic heterocycles. The second-order valence-electron chi connectivity index (χ2n) is 14.2. The number of hydrogen-bond donors (Lipinski definition) is 1. The average Bonchev–Trinajstić information content (AvgIpc) is 3.04. The second-order valence-corrected chi connectivity index (χ2v) is 14.2. The molecular weight excluding hydrogens is 568 g/mol.